The third kappa shape index (κ3) is 4.23. The van der Waals surface area contributed by atoms with E-state index in [0.29, 0.717) is 11.0 Å². The van der Waals surface area contributed by atoms with Crippen molar-refractivity contribution in [3.8, 4) is 11.4 Å². The molecule has 3 aromatic carbocycles. The van der Waals surface area contributed by atoms with E-state index in [1.54, 1.807) is 0 Å². The summed E-state index contributed by atoms with van der Waals surface area (Å²) < 4.78 is 7.98. The molecule has 146 valence electrons. The SMILES string of the molecule is NNC(=O)CSc1nnc(COc2cccc3ccccc23)n1-c1ccccc1. The second-order valence-electron chi connectivity index (χ2n) is 6.19. The van der Waals surface area contributed by atoms with Crippen LogP contribution in [-0.4, -0.2) is 26.4 Å². The maximum Gasteiger partial charge on any atom is 0.244 e. The summed E-state index contributed by atoms with van der Waals surface area (Å²) in [5, 5.41) is 11.3. The number of carbonyl (C=O) groups is 1. The number of hydrogen-bond donors (Lipinski definition) is 2. The van der Waals surface area contributed by atoms with Crippen molar-refractivity contribution >= 4 is 28.4 Å². The maximum atomic E-state index is 11.5. The van der Waals surface area contributed by atoms with Crippen LogP contribution in [0.5, 0.6) is 5.75 Å². The summed E-state index contributed by atoms with van der Waals surface area (Å²) in [4.78, 5) is 11.5. The fraction of sp³-hybridized carbons (Fsp3) is 0.0952. The average Bonchev–Trinajstić information content (AvgIpc) is 3.19. The number of aromatic nitrogens is 3. The van der Waals surface area contributed by atoms with Crippen molar-refractivity contribution in [1.29, 1.82) is 0 Å². The predicted molar refractivity (Wildman–Crippen MR) is 113 cm³/mol. The zero-order valence-electron chi connectivity index (χ0n) is 15.5. The first-order valence-electron chi connectivity index (χ1n) is 8.99. The summed E-state index contributed by atoms with van der Waals surface area (Å²) in [6, 6.07) is 23.7. The van der Waals surface area contributed by atoms with Crippen molar-refractivity contribution < 1.29 is 9.53 Å². The number of para-hydroxylation sites is 1. The lowest BCUT2D eigenvalue weighted by atomic mass is 10.1. The lowest BCUT2D eigenvalue weighted by molar-refractivity contribution is -0.118. The van der Waals surface area contributed by atoms with Gasteiger partial charge in [-0.2, -0.15) is 0 Å². The summed E-state index contributed by atoms with van der Waals surface area (Å²) in [5.41, 5.74) is 3.02. The number of nitrogens with two attached hydrogens (primary N) is 1. The van der Waals surface area contributed by atoms with Gasteiger partial charge in [-0.1, -0.05) is 66.4 Å². The summed E-state index contributed by atoms with van der Waals surface area (Å²) in [6.07, 6.45) is 0. The van der Waals surface area contributed by atoms with Gasteiger partial charge in [0.15, 0.2) is 11.0 Å². The maximum absolute atomic E-state index is 11.5. The molecule has 0 bridgehead atoms. The van der Waals surface area contributed by atoms with Gasteiger partial charge >= 0.3 is 0 Å². The minimum absolute atomic E-state index is 0.144. The minimum Gasteiger partial charge on any atom is -0.485 e. The third-order valence-corrected chi connectivity index (χ3v) is 5.24. The Morgan fingerprint density at radius 3 is 2.59 bits per heavy atom. The van der Waals surface area contributed by atoms with Gasteiger partial charge in [-0.25, -0.2) is 5.84 Å². The molecular weight excluding hydrogens is 386 g/mol. The van der Waals surface area contributed by atoms with Gasteiger partial charge in [0.1, 0.15) is 12.4 Å². The molecule has 4 rings (SSSR count). The van der Waals surface area contributed by atoms with Crippen LogP contribution in [0.4, 0.5) is 0 Å². The van der Waals surface area contributed by atoms with Crippen molar-refractivity contribution in [2.24, 2.45) is 5.84 Å². The molecule has 0 aliphatic rings. The van der Waals surface area contributed by atoms with Gasteiger partial charge in [-0.05, 0) is 23.6 Å². The van der Waals surface area contributed by atoms with Gasteiger partial charge < -0.3 is 4.74 Å². The Morgan fingerprint density at radius 2 is 1.76 bits per heavy atom. The first-order valence-corrected chi connectivity index (χ1v) is 9.97. The quantitative estimate of drug-likeness (QED) is 0.212. The Hall–Kier alpha value is -3.36. The van der Waals surface area contributed by atoms with Gasteiger partial charge in [-0.3, -0.25) is 14.8 Å². The van der Waals surface area contributed by atoms with Gasteiger partial charge in [-0.15, -0.1) is 10.2 Å². The van der Waals surface area contributed by atoms with Crippen LogP contribution in [0.25, 0.3) is 16.5 Å². The highest BCUT2D eigenvalue weighted by molar-refractivity contribution is 7.99. The van der Waals surface area contributed by atoms with E-state index in [0.717, 1.165) is 22.2 Å². The van der Waals surface area contributed by atoms with Gasteiger partial charge in [0.05, 0.1) is 5.75 Å². The highest BCUT2D eigenvalue weighted by Gasteiger charge is 2.16. The van der Waals surface area contributed by atoms with Crippen LogP contribution in [0.1, 0.15) is 5.82 Å². The topological polar surface area (TPSA) is 95.1 Å². The Labute approximate surface area is 171 Å². The Morgan fingerprint density at radius 1 is 1.00 bits per heavy atom. The Balaban J connectivity index is 1.63. The molecule has 0 aliphatic carbocycles. The number of fused-ring (bicyclic) bond motifs is 1. The predicted octanol–water partition coefficient (Wildman–Crippen LogP) is 3.08. The molecule has 7 nitrogen and oxygen atoms in total. The lowest BCUT2D eigenvalue weighted by Crippen LogP contribution is -2.31. The van der Waals surface area contributed by atoms with E-state index in [-0.39, 0.29) is 18.3 Å². The smallest absolute Gasteiger partial charge is 0.244 e. The number of rotatable bonds is 7. The average molecular weight is 405 g/mol. The fourth-order valence-corrected chi connectivity index (χ4v) is 3.74. The van der Waals surface area contributed by atoms with E-state index < -0.39 is 0 Å². The summed E-state index contributed by atoms with van der Waals surface area (Å²) in [7, 11) is 0. The van der Waals surface area contributed by atoms with Crippen LogP contribution in [0.2, 0.25) is 0 Å². The standard InChI is InChI=1S/C21H19N5O2S/c22-23-20(27)14-29-21-25-24-19(26(21)16-9-2-1-3-10-16)13-28-18-12-6-8-15-7-4-5-11-17(15)18/h1-12H,13-14,22H2,(H,23,27). The molecule has 3 N–H and O–H groups in total. The zero-order valence-corrected chi connectivity index (χ0v) is 16.3. The summed E-state index contributed by atoms with van der Waals surface area (Å²) in [6.45, 7) is 0.236. The van der Waals surface area contributed by atoms with Gasteiger partial charge in [0, 0.05) is 11.1 Å². The summed E-state index contributed by atoms with van der Waals surface area (Å²) in [5.74, 6) is 6.45. The minimum atomic E-state index is -0.286. The molecule has 0 unspecified atom stereocenters. The van der Waals surface area contributed by atoms with E-state index in [1.807, 2.05) is 77.4 Å². The van der Waals surface area contributed by atoms with Crippen LogP contribution in [-0.2, 0) is 11.4 Å². The monoisotopic (exact) mass is 405 g/mol. The van der Waals surface area contributed by atoms with Crippen molar-refractivity contribution in [3.63, 3.8) is 0 Å². The van der Waals surface area contributed by atoms with Crippen molar-refractivity contribution in [2.45, 2.75) is 11.8 Å². The number of thioether (sulfide) groups is 1. The van der Waals surface area contributed by atoms with Crippen molar-refractivity contribution in [1.82, 2.24) is 20.2 Å². The van der Waals surface area contributed by atoms with E-state index in [9.17, 15) is 4.79 Å². The van der Waals surface area contributed by atoms with Crippen LogP contribution in [0.3, 0.4) is 0 Å². The zero-order chi connectivity index (χ0) is 20.1. The molecule has 0 spiro atoms. The highest BCUT2D eigenvalue weighted by Crippen LogP contribution is 2.27. The number of amides is 1. The molecule has 0 saturated carbocycles. The van der Waals surface area contributed by atoms with E-state index in [4.69, 9.17) is 10.6 Å². The van der Waals surface area contributed by atoms with Crippen LogP contribution >= 0.6 is 11.8 Å². The molecule has 1 aromatic heterocycles. The molecule has 0 fully saturated rings. The Bertz CT molecular complexity index is 1130. The fourth-order valence-electron chi connectivity index (χ4n) is 2.96. The molecule has 29 heavy (non-hydrogen) atoms. The summed E-state index contributed by atoms with van der Waals surface area (Å²) >= 11 is 1.26. The molecule has 0 atom stereocenters. The number of hydrazine groups is 1. The number of nitrogens with one attached hydrogen (secondary N) is 1. The highest BCUT2D eigenvalue weighted by atomic mass is 32.2. The second-order valence-corrected chi connectivity index (χ2v) is 7.13. The molecule has 8 heteroatoms. The molecule has 0 aliphatic heterocycles. The molecule has 0 radical (unpaired) electrons. The normalized spacial score (nSPS) is 10.8. The van der Waals surface area contributed by atoms with Crippen LogP contribution < -0.4 is 16.0 Å². The van der Waals surface area contributed by atoms with Crippen LogP contribution in [0, 0.1) is 0 Å². The van der Waals surface area contributed by atoms with Crippen LogP contribution in [0.15, 0.2) is 78.0 Å². The van der Waals surface area contributed by atoms with E-state index >= 15 is 0 Å². The van der Waals surface area contributed by atoms with E-state index in [2.05, 4.69) is 15.6 Å². The number of hydrogen-bond acceptors (Lipinski definition) is 6. The molecule has 4 aromatic rings. The second kappa shape index (κ2) is 8.76. The largest absolute Gasteiger partial charge is 0.485 e. The number of ether oxygens (including phenoxy) is 1. The van der Waals surface area contributed by atoms with Crippen molar-refractivity contribution in [3.05, 3.63) is 78.6 Å². The first-order chi connectivity index (χ1) is 14.3. The molecular formula is C21H19N5O2S. The molecule has 1 amide bonds. The third-order valence-electron chi connectivity index (χ3n) is 4.31. The number of carbonyl (C=O) groups excluding carboxylic acids is 1. The van der Waals surface area contributed by atoms with Gasteiger partial charge in [0.2, 0.25) is 5.91 Å². The lowest BCUT2D eigenvalue weighted by Gasteiger charge is -2.12. The number of benzene rings is 3. The molecule has 0 saturated heterocycles. The van der Waals surface area contributed by atoms with Gasteiger partial charge in [0.25, 0.3) is 0 Å². The Kier molecular flexibility index (Phi) is 5.73. The molecule has 1 heterocycles. The first kappa shape index (κ1) is 19.0. The van der Waals surface area contributed by atoms with Crippen molar-refractivity contribution in [2.75, 3.05) is 5.75 Å². The number of nitrogens with zero attached hydrogens (tertiary/aromatic N) is 3. The van der Waals surface area contributed by atoms with E-state index in [1.165, 1.54) is 11.8 Å².